The predicted octanol–water partition coefficient (Wildman–Crippen LogP) is 2.33. The molecule has 1 heterocycles. The van der Waals surface area contributed by atoms with Gasteiger partial charge in [-0.3, -0.25) is 9.69 Å². The van der Waals surface area contributed by atoms with Gasteiger partial charge in [0.1, 0.15) is 12.1 Å². The highest BCUT2D eigenvalue weighted by Crippen LogP contribution is 2.35. The second kappa shape index (κ2) is 9.14. The number of rotatable bonds is 7. The maximum Gasteiger partial charge on any atom is 0.332 e. The molecule has 0 aromatic heterocycles. The highest BCUT2D eigenvalue weighted by molar-refractivity contribution is 6.02. The van der Waals surface area contributed by atoms with Crippen molar-refractivity contribution in [3.8, 4) is 0 Å². The summed E-state index contributed by atoms with van der Waals surface area (Å²) in [6, 6.07) is 9.30. The van der Waals surface area contributed by atoms with Crippen LogP contribution in [-0.4, -0.2) is 62.8 Å². The molecular formula is C20H30N2O4. The van der Waals surface area contributed by atoms with Gasteiger partial charge < -0.3 is 14.4 Å². The molecule has 1 saturated heterocycles. The maximum absolute atomic E-state index is 12.9. The van der Waals surface area contributed by atoms with E-state index in [0.717, 1.165) is 19.6 Å². The van der Waals surface area contributed by atoms with Gasteiger partial charge in [-0.25, -0.2) is 4.79 Å². The summed E-state index contributed by atoms with van der Waals surface area (Å²) >= 11 is 0. The van der Waals surface area contributed by atoms with Crippen LogP contribution < -0.4 is 4.90 Å². The Kier molecular flexibility index (Phi) is 7.17. The van der Waals surface area contributed by atoms with Gasteiger partial charge in [0.15, 0.2) is 0 Å². The van der Waals surface area contributed by atoms with Crippen molar-refractivity contribution in [2.24, 2.45) is 5.92 Å². The van der Waals surface area contributed by atoms with E-state index in [1.165, 1.54) is 14.2 Å². The number of hydrogen-bond acceptors (Lipinski definition) is 5. The lowest BCUT2D eigenvalue weighted by atomic mass is 9.84. The van der Waals surface area contributed by atoms with Crippen molar-refractivity contribution < 1.29 is 19.1 Å². The second-order valence-corrected chi connectivity index (χ2v) is 7.22. The minimum absolute atomic E-state index is 0.0800. The number of nitrogens with zero attached hydrogens (tertiary/aromatic N) is 2. The number of para-hydroxylation sites is 1. The Bertz CT molecular complexity index is 595. The molecule has 0 atom stereocenters. The van der Waals surface area contributed by atoms with Crippen molar-refractivity contribution in [2.45, 2.75) is 32.2 Å². The Morgan fingerprint density at radius 2 is 1.77 bits per heavy atom. The van der Waals surface area contributed by atoms with Gasteiger partial charge in [-0.1, -0.05) is 32.0 Å². The lowest BCUT2D eigenvalue weighted by Gasteiger charge is -2.46. The number of piperidine rings is 1. The molecular weight excluding hydrogens is 332 g/mol. The predicted molar refractivity (Wildman–Crippen MR) is 101 cm³/mol. The van der Waals surface area contributed by atoms with Gasteiger partial charge in [-0.05, 0) is 30.9 Å². The van der Waals surface area contributed by atoms with Crippen LogP contribution in [0.25, 0.3) is 0 Å². The zero-order valence-electron chi connectivity index (χ0n) is 16.2. The molecule has 1 amide bonds. The Morgan fingerprint density at radius 1 is 1.15 bits per heavy atom. The number of benzene rings is 1. The molecule has 26 heavy (non-hydrogen) atoms. The lowest BCUT2D eigenvalue weighted by molar-refractivity contribution is -0.151. The van der Waals surface area contributed by atoms with E-state index < -0.39 is 5.54 Å². The summed E-state index contributed by atoms with van der Waals surface area (Å²) in [6.45, 7) is 6.76. The molecule has 0 radical (unpaired) electrons. The summed E-state index contributed by atoms with van der Waals surface area (Å²) in [5.41, 5.74) is -0.309. The monoisotopic (exact) mass is 362 g/mol. The fraction of sp³-hybridized carbons (Fsp3) is 0.600. The van der Waals surface area contributed by atoms with Gasteiger partial charge >= 0.3 is 5.97 Å². The van der Waals surface area contributed by atoms with Crippen LogP contribution in [0.3, 0.4) is 0 Å². The second-order valence-electron chi connectivity index (χ2n) is 7.22. The van der Waals surface area contributed by atoms with E-state index >= 15 is 0 Å². The first-order valence-corrected chi connectivity index (χ1v) is 9.12. The lowest BCUT2D eigenvalue weighted by Crippen LogP contribution is -2.63. The number of hydrogen-bond donors (Lipinski definition) is 0. The molecule has 1 fully saturated rings. The van der Waals surface area contributed by atoms with Crippen LogP contribution in [-0.2, 0) is 19.1 Å². The van der Waals surface area contributed by atoms with E-state index in [2.05, 4.69) is 18.7 Å². The van der Waals surface area contributed by atoms with Crippen molar-refractivity contribution in [3.05, 3.63) is 30.3 Å². The minimum Gasteiger partial charge on any atom is -0.467 e. The Balaban J connectivity index is 2.38. The highest BCUT2D eigenvalue weighted by atomic mass is 16.5. The van der Waals surface area contributed by atoms with Gasteiger partial charge in [0.25, 0.3) is 5.91 Å². The van der Waals surface area contributed by atoms with Crippen molar-refractivity contribution in [1.82, 2.24) is 4.90 Å². The van der Waals surface area contributed by atoms with Crippen LogP contribution in [0.2, 0.25) is 0 Å². The molecule has 6 heteroatoms. The molecule has 0 aliphatic carbocycles. The molecule has 0 N–H and O–H groups in total. The first kappa shape index (κ1) is 20.4. The molecule has 2 rings (SSSR count). The molecule has 0 bridgehead atoms. The summed E-state index contributed by atoms with van der Waals surface area (Å²) < 4.78 is 10.2. The van der Waals surface area contributed by atoms with E-state index in [-0.39, 0.29) is 18.5 Å². The number of methoxy groups -OCH3 is 2. The van der Waals surface area contributed by atoms with E-state index in [0.29, 0.717) is 24.4 Å². The third kappa shape index (κ3) is 4.43. The van der Waals surface area contributed by atoms with Gasteiger partial charge in [0.2, 0.25) is 0 Å². The van der Waals surface area contributed by atoms with E-state index in [1.807, 2.05) is 30.3 Å². The zero-order valence-corrected chi connectivity index (χ0v) is 16.2. The maximum atomic E-state index is 12.9. The summed E-state index contributed by atoms with van der Waals surface area (Å²) in [5, 5.41) is 0. The average molecular weight is 362 g/mol. The van der Waals surface area contributed by atoms with Crippen LogP contribution in [0.5, 0.6) is 0 Å². The summed E-state index contributed by atoms with van der Waals surface area (Å²) in [4.78, 5) is 29.7. The molecule has 1 aliphatic heterocycles. The third-order valence-corrected chi connectivity index (χ3v) is 4.83. The van der Waals surface area contributed by atoms with Gasteiger partial charge in [-0.15, -0.1) is 0 Å². The molecule has 6 nitrogen and oxygen atoms in total. The molecule has 1 aliphatic rings. The zero-order chi connectivity index (χ0) is 19.2. The van der Waals surface area contributed by atoms with Gasteiger partial charge in [0.05, 0.1) is 7.11 Å². The number of carbonyl (C=O) groups is 2. The SMILES string of the molecule is COCC(=O)N(c1ccccc1)C1(C(=O)OC)CCN(CC(C)C)CC1. The smallest absolute Gasteiger partial charge is 0.332 e. The number of esters is 1. The fourth-order valence-corrected chi connectivity index (χ4v) is 3.73. The van der Waals surface area contributed by atoms with Crippen molar-refractivity contribution >= 4 is 17.6 Å². The van der Waals surface area contributed by atoms with E-state index in [9.17, 15) is 9.59 Å². The first-order valence-electron chi connectivity index (χ1n) is 9.12. The molecule has 0 unspecified atom stereocenters. The number of ether oxygens (including phenoxy) is 2. The number of carbonyl (C=O) groups excluding carboxylic acids is 2. The van der Waals surface area contributed by atoms with Gasteiger partial charge in [0, 0.05) is 32.4 Å². The van der Waals surface area contributed by atoms with Crippen LogP contribution in [0.4, 0.5) is 5.69 Å². The van der Waals surface area contributed by atoms with Crippen molar-refractivity contribution in [3.63, 3.8) is 0 Å². The minimum atomic E-state index is -1.00. The fourth-order valence-electron chi connectivity index (χ4n) is 3.73. The molecule has 1 aromatic carbocycles. The Hall–Kier alpha value is -1.92. The van der Waals surface area contributed by atoms with E-state index in [4.69, 9.17) is 9.47 Å². The standard InChI is InChI=1S/C20H30N2O4/c1-16(2)14-21-12-10-20(11-13-21,19(24)26-4)22(18(23)15-25-3)17-8-6-5-7-9-17/h5-9,16H,10-15H2,1-4H3. The number of amides is 1. The quantitative estimate of drug-likeness (QED) is 0.697. The van der Waals surface area contributed by atoms with E-state index in [1.54, 1.807) is 4.90 Å². The molecule has 0 spiro atoms. The van der Waals surface area contributed by atoms with Crippen molar-refractivity contribution in [2.75, 3.05) is 45.4 Å². The third-order valence-electron chi connectivity index (χ3n) is 4.83. The largest absolute Gasteiger partial charge is 0.467 e. The van der Waals surface area contributed by atoms with Crippen LogP contribution in [0.1, 0.15) is 26.7 Å². The summed E-state index contributed by atoms with van der Waals surface area (Å²) in [6.07, 6.45) is 1.08. The van der Waals surface area contributed by atoms with Crippen LogP contribution >= 0.6 is 0 Å². The first-order chi connectivity index (χ1) is 12.4. The molecule has 0 saturated carbocycles. The Morgan fingerprint density at radius 3 is 2.27 bits per heavy atom. The van der Waals surface area contributed by atoms with Crippen molar-refractivity contribution in [1.29, 1.82) is 0 Å². The Labute approximate surface area is 156 Å². The van der Waals surface area contributed by atoms with Gasteiger partial charge in [-0.2, -0.15) is 0 Å². The normalized spacial score (nSPS) is 17.1. The highest BCUT2D eigenvalue weighted by Gasteiger charge is 2.50. The number of likely N-dealkylation sites (tertiary alicyclic amines) is 1. The summed E-state index contributed by atoms with van der Waals surface area (Å²) in [7, 11) is 2.87. The average Bonchev–Trinajstić information content (AvgIpc) is 2.63. The molecule has 1 aromatic rings. The number of anilines is 1. The topological polar surface area (TPSA) is 59.1 Å². The van der Waals surface area contributed by atoms with Crippen LogP contribution in [0, 0.1) is 5.92 Å². The molecule has 144 valence electrons. The summed E-state index contributed by atoms with van der Waals surface area (Å²) in [5.74, 6) is -0.0441. The van der Waals surface area contributed by atoms with Crippen LogP contribution in [0.15, 0.2) is 30.3 Å².